The van der Waals surface area contributed by atoms with Gasteiger partial charge in [0.2, 0.25) is 0 Å². The number of amides is 4. The number of nitrogens with one attached hydrogen (secondary N) is 3. The number of urea groups is 1. The fraction of sp³-hybridized carbons (Fsp3) is 0.0833. The number of hydrogen-bond donors (Lipinski definition) is 4. The lowest BCUT2D eigenvalue weighted by Gasteiger charge is -2.28. The normalized spacial score (nSPS) is 18.0. The zero-order valence-electron chi connectivity index (χ0n) is 9.86. The Labute approximate surface area is 120 Å². The van der Waals surface area contributed by atoms with Crippen molar-refractivity contribution in [1.29, 1.82) is 0 Å². The van der Waals surface area contributed by atoms with E-state index in [4.69, 9.17) is 0 Å². The van der Waals surface area contributed by atoms with E-state index >= 15 is 0 Å². The summed E-state index contributed by atoms with van der Waals surface area (Å²) in [5.74, 6) is -2.15. The van der Waals surface area contributed by atoms with Crippen molar-refractivity contribution in [3.63, 3.8) is 0 Å². The third kappa shape index (κ3) is 1.65. The highest BCUT2D eigenvalue weighted by molar-refractivity contribution is 9.10. The first-order valence-corrected chi connectivity index (χ1v) is 6.38. The van der Waals surface area contributed by atoms with Crippen LogP contribution < -0.4 is 10.6 Å². The molecule has 8 heteroatoms. The lowest BCUT2D eigenvalue weighted by molar-refractivity contribution is -0.155. The van der Waals surface area contributed by atoms with E-state index in [1.807, 2.05) is 10.6 Å². The molecule has 0 radical (unpaired) electrons. The second-order valence-corrected chi connectivity index (χ2v) is 5.26. The molecule has 4 N–H and O–H groups in total. The van der Waals surface area contributed by atoms with Crippen molar-refractivity contribution < 1.29 is 19.5 Å². The molecule has 102 valence electrons. The number of hydrogen-bond acceptors (Lipinski definition) is 4. The first-order chi connectivity index (χ1) is 9.42. The Morgan fingerprint density at radius 1 is 1.10 bits per heavy atom. The minimum atomic E-state index is -2.45. The van der Waals surface area contributed by atoms with Crippen LogP contribution in [0.5, 0.6) is 0 Å². The summed E-state index contributed by atoms with van der Waals surface area (Å²) in [5.41, 5.74) is -1.72. The van der Waals surface area contributed by atoms with Crippen molar-refractivity contribution in [1.82, 2.24) is 15.6 Å². The number of aliphatic hydroxyl groups is 1. The summed E-state index contributed by atoms with van der Waals surface area (Å²) in [5, 5.41) is 14.7. The summed E-state index contributed by atoms with van der Waals surface area (Å²) in [6, 6.07) is 4.22. The molecule has 1 aliphatic rings. The van der Waals surface area contributed by atoms with Crippen LogP contribution in [0.1, 0.15) is 5.56 Å². The molecule has 1 aromatic carbocycles. The molecule has 20 heavy (non-hydrogen) atoms. The van der Waals surface area contributed by atoms with E-state index in [1.165, 1.54) is 6.20 Å². The quantitative estimate of drug-likeness (QED) is 0.567. The third-order valence-electron chi connectivity index (χ3n) is 3.14. The highest BCUT2D eigenvalue weighted by Gasteiger charge is 2.51. The molecule has 1 aromatic heterocycles. The molecule has 0 spiro atoms. The highest BCUT2D eigenvalue weighted by Crippen LogP contribution is 2.32. The molecule has 1 saturated heterocycles. The summed E-state index contributed by atoms with van der Waals surface area (Å²) in [7, 11) is 0. The Hall–Kier alpha value is -2.19. The van der Waals surface area contributed by atoms with Crippen LogP contribution in [0, 0.1) is 0 Å². The Balaban J connectivity index is 2.23. The van der Waals surface area contributed by atoms with Gasteiger partial charge in [-0.15, -0.1) is 0 Å². The lowest BCUT2D eigenvalue weighted by Crippen LogP contribution is -2.64. The summed E-state index contributed by atoms with van der Waals surface area (Å²) in [4.78, 5) is 37.7. The van der Waals surface area contributed by atoms with Crippen molar-refractivity contribution in [3.05, 3.63) is 34.4 Å². The molecule has 3 rings (SSSR count). The molecule has 2 aromatic rings. The molecule has 0 bridgehead atoms. The number of barbiturate groups is 1. The maximum atomic E-state index is 11.9. The number of rotatable bonds is 1. The first kappa shape index (κ1) is 12.8. The summed E-state index contributed by atoms with van der Waals surface area (Å²) >= 11 is 3.28. The highest BCUT2D eigenvalue weighted by atomic mass is 79.9. The summed E-state index contributed by atoms with van der Waals surface area (Å²) in [6.07, 6.45) is 1.37. The Morgan fingerprint density at radius 3 is 2.40 bits per heavy atom. The molecular weight excluding hydrogens is 330 g/mol. The smallest absolute Gasteiger partial charge is 0.328 e. The van der Waals surface area contributed by atoms with Gasteiger partial charge in [0.15, 0.2) is 0 Å². The number of halogens is 1. The van der Waals surface area contributed by atoms with Gasteiger partial charge in [-0.3, -0.25) is 20.2 Å². The minimum absolute atomic E-state index is 0.0799. The van der Waals surface area contributed by atoms with Gasteiger partial charge in [0.25, 0.3) is 17.4 Å². The summed E-state index contributed by atoms with van der Waals surface area (Å²) < 4.78 is 0.724. The fourth-order valence-electron chi connectivity index (χ4n) is 2.16. The van der Waals surface area contributed by atoms with Gasteiger partial charge in [-0.05, 0) is 18.2 Å². The maximum absolute atomic E-state index is 11.9. The van der Waals surface area contributed by atoms with E-state index in [1.54, 1.807) is 18.2 Å². The number of aromatic nitrogens is 1. The Kier molecular flexibility index (Phi) is 2.66. The molecule has 7 nitrogen and oxygen atoms in total. The average Bonchev–Trinajstić information content (AvgIpc) is 2.79. The van der Waals surface area contributed by atoms with Crippen LogP contribution >= 0.6 is 15.9 Å². The van der Waals surface area contributed by atoms with Gasteiger partial charge in [0.1, 0.15) is 0 Å². The Morgan fingerprint density at radius 2 is 1.75 bits per heavy atom. The average molecular weight is 338 g/mol. The zero-order valence-corrected chi connectivity index (χ0v) is 11.4. The number of carbonyl (C=O) groups is 3. The predicted octanol–water partition coefficient (Wildman–Crippen LogP) is 0.484. The van der Waals surface area contributed by atoms with Crippen LogP contribution in [-0.2, 0) is 15.2 Å². The largest absolute Gasteiger partial charge is 0.368 e. The predicted molar refractivity (Wildman–Crippen MR) is 71.6 cm³/mol. The third-order valence-corrected chi connectivity index (χ3v) is 3.64. The van der Waals surface area contributed by atoms with Crippen LogP contribution in [0.2, 0.25) is 0 Å². The van der Waals surface area contributed by atoms with Gasteiger partial charge in [-0.25, -0.2) is 4.79 Å². The van der Waals surface area contributed by atoms with Gasteiger partial charge in [0.05, 0.1) is 0 Å². The lowest BCUT2D eigenvalue weighted by atomic mass is 9.90. The van der Waals surface area contributed by atoms with Gasteiger partial charge in [-0.2, -0.15) is 0 Å². The number of aromatic amines is 1. The zero-order chi connectivity index (χ0) is 14.5. The van der Waals surface area contributed by atoms with E-state index < -0.39 is 23.4 Å². The van der Waals surface area contributed by atoms with E-state index in [0.29, 0.717) is 10.9 Å². The number of fused-ring (bicyclic) bond motifs is 1. The SMILES string of the molecule is O=C1NC(=O)C(O)(c2c[nH]c3ccc(Br)cc23)C(=O)N1. The minimum Gasteiger partial charge on any atom is -0.368 e. The molecule has 0 unspecified atom stereocenters. The van der Waals surface area contributed by atoms with Gasteiger partial charge in [-0.1, -0.05) is 15.9 Å². The number of imide groups is 2. The topological polar surface area (TPSA) is 111 Å². The second-order valence-electron chi connectivity index (χ2n) is 4.34. The van der Waals surface area contributed by atoms with E-state index in [2.05, 4.69) is 20.9 Å². The number of carbonyl (C=O) groups excluding carboxylic acids is 3. The molecular formula is C12H8BrN3O4. The van der Waals surface area contributed by atoms with Gasteiger partial charge >= 0.3 is 6.03 Å². The standard InChI is InChI=1S/C12H8BrN3O4/c13-5-1-2-8-6(3-5)7(4-14-8)12(20)9(17)15-11(19)16-10(12)18/h1-4,14,20H,(H2,15,16,17,18,19). The molecule has 1 aliphatic heterocycles. The molecule has 0 saturated carbocycles. The van der Waals surface area contributed by atoms with E-state index in [9.17, 15) is 19.5 Å². The van der Waals surface area contributed by atoms with Crippen LogP contribution in [0.3, 0.4) is 0 Å². The molecule has 0 aliphatic carbocycles. The fourth-order valence-corrected chi connectivity index (χ4v) is 2.52. The van der Waals surface area contributed by atoms with Gasteiger partial charge < -0.3 is 10.1 Å². The maximum Gasteiger partial charge on any atom is 0.328 e. The van der Waals surface area contributed by atoms with Crippen LogP contribution in [0.15, 0.2) is 28.9 Å². The van der Waals surface area contributed by atoms with Crippen LogP contribution in [0.4, 0.5) is 4.79 Å². The van der Waals surface area contributed by atoms with Gasteiger partial charge in [0, 0.05) is 27.1 Å². The van der Waals surface area contributed by atoms with Crippen molar-refractivity contribution in [3.8, 4) is 0 Å². The number of H-pyrrole nitrogens is 1. The molecule has 4 amide bonds. The number of benzene rings is 1. The van der Waals surface area contributed by atoms with Crippen LogP contribution in [0.25, 0.3) is 10.9 Å². The second kappa shape index (κ2) is 4.15. The van der Waals surface area contributed by atoms with E-state index in [0.717, 1.165) is 4.47 Å². The molecule has 0 atom stereocenters. The van der Waals surface area contributed by atoms with Crippen molar-refractivity contribution >= 4 is 44.7 Å². The monoisotopic (exact) mass is 337 g/mol. The van der Waals surface area contributed by atoms with Crippen molar-refractivity contribution in [2.45, 2.75) is 5.60 Å². The molecule has 1 fully saturated rings. The summed E-state index contributed by atoms with van der Waals surface area (Å²) in [6.45, 7) is 0. The van der Waals surface area contributed by atoms with E-state index in [-0.39, 0.29) is 5.56 Å². The van der Waals surface area contributed by atoms with Crippen molar-refractivity contribution in [2.75, 3.05) is 0 Å². The van der Waals surface area contributed by atoms with Crippen LogP contribution in [-0.4, -0.2) is 27.9 Å². The van der Waals surface area contributed by atoms with Crippen molar-refractivity contribution in [2.24, 2.45) is 0 Å². The first-order valence-electron chi connectivity index (χ1n) is 5.59. The molecule has 2 heterocycles. The Bertz CT molecular complexity index is 747.